The first-order valence-electron chi connectivity index (χ1n) is 8.15. The Labute approximate surface area is 150 Å². The average Bonchev–Trinajstić information content (AvgIpc) is 2.63. The van der Waals surface area contributed by atoms with Crippen LogP contribution in [-0.4, -0.2) is 15.0 Å². The maximum absolute atomic E-state index is 13.8. The van der Waals surface area contributed by atoms with Gasteiger partial charge < -0.3 is 10.1 Å². The molecule has 1 N–H and O–H groups in total. The molecule has 0 amide bonds. The Morgan fingerprint density at radius 3 is 2.69 bits per heavy atom. The number of anilines is 1. The van der Waals surface area contributed by atoms with Crippen molar-refractivity contribution >= 4 is 5.82 Å². The molecule has 5 nitrogen and oxygen atoms in total. The lowest BCUT2D eigenvalue weighted by molar-refractivity contribution is 0.419. The van der Waals surface area contributed by atoms with Crippen LogP contribution in [0.15, 0.2) is 48.9 Å². The van der Waals surface area contributed by atoms with Crippen molar-refractivity contribution in [1.29, 1.82) is 0 Å². The Balaban J connectivity index is 1.76. The highest BCUT2D eigenvalue weighted by Crippen LogP contribution is 2.26. The van der Waals surface area contributed by atoms with Gasteiger partial charge in [-0.15, -0.1) is 0 Å². The van der Waals surface area contributed by atoms with E-state index in [1.165, 1.54) is 12.4 Å². The quantitative estimate of drug-likeness (QED) is 0.695. The summed E-state index contributed by atoms with van der Waals surface area (Å²) in [4.78, 5) is 12.6. The lowest BCUT2D eigenvalue weighted by Gasteiger charge is -2.12. The van der Waals surface area contributed by atoms with Crippen LogP contribution >= 0.6 is 0 Å². The van der Waals surface area contributed by atoms with Crippen molar-refractivity contribution in [3.05, 3.63) is 71.8 Å². The molecule has 0 saturated heterocycles. The summed E-state index contributed by atoms with van der Waals surface area (Å²) in [6, 6.07) is 8.57. The highest BCUT2D eigenvalue weighted by atomic mass is 19.1. The third-order valence-corrected chi connectivity index (χ3v) is 3.69. The number of nitrogens with one attached hydrogen (secondary N) is 1. The summed E-state index contributed by atoms with van der Waals surface area (Å²) in [6.45, 7) is 4.48. The van der Waals surface area contributed by atoms with Gasteiger partial charge in [-0.3, -0.25) is 0 Å². The monoisotopic (exact) mass is 356 g/mol. The Bertz CT molecular complexity index is 902. The summed E-state index contributed by atoms with van der Waals surface area (Å²) in [6.07, 6.45) is 3.05. The second-order valence-electron chi connectivity index (χ2n) is 5.98. The van der Waals surface area contributed by atoms with Gasteiger partial charge in [0.1, 0.15) is 18.0 Å². The van der Waals surface area contributed by atoms with Crippen LogP contribution in [0, 0.1) is 11.6 Å². The number of halogens is 2. The molecule has 0 aliphatic carbocycles. The van der Waals surface area contributed by atoms with Crippen molar-refractivity contribution in [2.24, 2.45) is 0 Å². The zero-order chi connectivity index (χ0) is 18.5. The van der Waals surface area contributed by atoms with Gasteiger partial charge in [-0.1, -0.05) is 19.9 Å². The largest absolute Gasteiger partial charge is 0.436 e. The summed E-state index contributed by atoms with van der Waals surface area (Å²) in [7, 11) is 0. The van der Waals surface area contributed by atoms with Gasteiger partial charge in [0.15, 0.2) is 11.6 Å². The van der Waals surface area contributed by atoms with Crippen LogP contribution in [-0.2, 0) is 6.54 Å². The van der Waals surface area contributed by atoms with Crippen LogP contribution in [0.25, 0.3) is 0 Å². The summed E-state index contributed by atoms with van der Waals surface area (Å²) >= 11 is 0. The highest BCUT2D eigenvalue weighted by molar-refractivity contribution is 5.39. The molecule has 0 atom stereocenters. The normalized spacial score (nSPS) is 10.8. The molecule has 0 aliphatic heterocycles. The van der Waals surface area contributed by atoms with Gasteiger partial charge in [-0.2, -0.15) is 0 Å². The lowest BCUT2D eigenvalue weighted by Crippen LogP contribution is -2.05. The van der Waals surface area contributed by atoms with Gasteiger partial charge in [0.05, 0.1) is 0 Å². The Morgan fingerprint density at radius 2 is 1.92 bits per heavy atom. The molecular weight excluding hydrogens is 338 g/mol. The standard InChI is InChI=1S/C19H18F2N4O/c1-12(2)16-9-18(25-11-24-16)23-10-13-4-3-7-22-19(13)26-17-6-5-14(20)8-15(17)21/h3-9,11-12H,10H2,1-2H3,(H,23,24,25). The first kappa shape index (κ1) is 17.7. The number of ether oxygens (including phenoxy) is 1. The van der Waals surface area contributed by atoms with Crippen LogP contribution in [0.2, 0.25) is 0 Å². The Kier molecular flexibility index (Phi) is 5.36. The smallest absolute Gasteiger partial charge is 0.224 e. The Morgan fingerprint density at radius 1 is 1.08 bits per heavy atom. The first-order chi connectivity index (χ1) is 12.5. The van der Waals surface area contributed by atoms with Crippen molar-refractivity contribution in [3.63, 3.8) is 0 Å². The number of aromatic nitrogens is 3. The van der Waals surface area contributed by atoms with Crippen LogP contribution in [0.4, 0.5) is 14.6 Å². The molecule has 0 unspecified atom stereocenters. The van der Waals surface area contributed by atoms with E-state index in [0.717, 1.165) is 17.8 Å². The van der Waals surface area contributed by atoms with Gasteiger partial charge in [0.2, 0.25) is 5.88 Å². The van der Waals surface area contributed by atoms with E-state index in [1.807, 2.05) is 6.07 Å². The molecule has 0 aliphatic rings. The fourth-order valence-corrected chi connectivity index (χ4v) is 2.28. The Hall–Kier alpha value is -3.09. The van der Waals surface area contributed by atoms with Gasteiger partial charge in [0, 0.05) is 36.1 Å². The summed E-state index contributed by atoms with van der Waals surface area (Å²) in [5.74, 6) is -0.336. The molecule has 2 aromatic heterocycles. The molecule has 7 heteroatoms. The maximum atomic E-state index is 13.8. The molecule has 2 heterocycles. The zero-order valence-electron chi connectivity index (χ0n) is 14.4. The summed E-state index contributed by atoms with van der Waals surface area (Å²) < 4.78 is 32.4. The molecule has 3 aromatic rings. The minimum Gasteiger partial charge on any atom is -0.436 e. The highest BCUT2D eigenvalue weighted by Gasteiger charge is 2.11. The van der Waals surface area contributed by atoms with Crippen molar-refractivity contribution in [2.45, 2.75) is 26.3 Å². The molecule has 134 valence electrons. The van der Waals surface area contributed by atoms with Crippen molar-refractivity contribution in [1.82, 2.24) is 15.0 Å². The number of hydrogen-bond acceptors (Lipinski definition) is 5. The third kappa shape index (κ3) is 4.30. The molecule has 0 fully saturated rings. The number of benzene rings is 1. The molecule has 3 rings (SSSR count). The number of nitrogens with zero attached hydrogens (tertiary/aromatic N) is 3. The number of rotatable bonds is 6. The van der Waals surface area contributed by atoms with Gasteiger partial charge in [0.25, 0.3) is 0 Å². The van der Waals surface area contributed by atoms with Crippen LogP contribution in [0.1, 0.15) is 31.0 Å². The van der Waals surface area contributed by atoms with E-state index in [9.17, 15) is 8.78 Å². The molecule has 0 radical (unpaired) electrons. The van der Waals surface area contributed by atoms with Crippen molar-refractivity contribution < 1.29 is 13.5 Å². The molecule has 1 aromatic carbocycles. The van der Waals surface area contributed by atoms with Crippen LogP contribution in [0.5, 0.6) is 11.6 Å². The van der Waals surface area contributed by atoms with Crippen LogP contribution in [0.3, 0.4) is 0 Å². The molecule has 26 heavy (non-hydrogen) atoms. The second-order valence-corrected chi connectivity index (χ2v) is 5.98. The zero-order valence-corrected chi connectivity index (χ0v) is 14.4. The van der Waals surface area contributed by atoms with E-state index in [0.29, 0.717) is 17.9 Å². The predicted molar refractivity (Wildman–Crippen MR) is 94.1 cm³/mol. The average molecular weight is 356 g/mol. The van der Waals surface area contributed by atoms with E-state index in [2.05, 4.69) is 34.1 Å². The second kappa shape index (κ2) is 7.86. The molecule has 0 bridgehead atoms. The van der Waals surface area contributed by atoms with Gasteiger partial charge in [-0.25, -0.2) is 23.7 Å². The van der Waals surface area contributed by atoms with E-state index < -0.39 is 11.6 Å². The maximum Gasteiger partial charge on any atom is 0.224 e. The lowest BCUT2D eigenvalue weighted by atomic mass is 10.1. The third-order valence-electron chi connectivity index (χ3n) is 3.69. The fraction of sp³-hybridized carbons (Fsp3) is 0.211. The van der Waals surface area contributed by atoms with Crippen LogP contribution < -0.4 is 10.1 Å². The van der Waals surface area contributed by atoms with Gasteiger partial charge in [-0.05, 0) is 24.1 Å². The minimum absolute atomic E-state index is 0.0875. The number of pyridine rings is 1. The summed E-state index contributed by atoms with van der Waals surface area (Å²) in [5, 5.41) is 3.18. The molecule has 0 spiro atoms. The molecular formula is C19H18F2N4O. The minimum atomic E-state index is -0.785. The van der Waals surface area contributed by atoms with E-state index in [1.54, 1.807) is 18.3 Å². The van der Waals surface area contributed by atoms with E-state index in [-0.39, 0.29) is 17.5 Å². The summed E-state index contributed by atoms with van der Waals surface area (Å²) in [5.41, 5.74) is 1.64. The predicted octanol–water partition coefficient (Wildman–Crippen LogP) is 4.68. The van der Waals surface area contributed by atoms with Crippen molar-refractivity contribution in [2.75, 3.05) is 5.32 Å². The van der Waals surface area contributed by atoms with E-state index >= 15 is 0 Å². The topological polar surface area (TPSA) is 59.9 Å². The van der Waals surface area contributed by atoms with Gasteiger partial charge >= 0.3 is 0 Å². The number of hydrogen-bond donors (Lipinski definition) is 1. The molecule has 0 saturated carbocycles. The van der Waals surface area contributed by atoms with E-state index in [4.69, 9.17) is 4.74 Å². The fourth-order valence-electron chi connectivity index (χ4n) is 2.28. The van der Waals surface area contributed by atoms with Crippen molar-refractivity contribution in [3.8, 4) is 11.6 Å². The first-order valence-corrected chi connectivity index (χ1v) is 8.15. The SMILES string of the molecule is CC(C)c1cc(NCc2cccnc2Oc2ccc(F)cc2F)ncn1.